The van der Waals surface area contributed by atoms with Gasteiger partial charge in [-0.25, -0.2) is 9.37 Å². The van der Waals surface area contributed by atoms with E-state index in [4.69, 9.17) is 0 Å². The van der Waals surface area contributed by atoms with Crippen LogP contribution < -0.4 is 10.6 Å². The van der Waals surface area contributed by atoms with E-state index in [1.807, 2.05) is 5.38 Å². The summed E-state index contributed by atoms with van der Waals surface area (Å²) in [5, 5.41) is 8.48. The second-order valence-corrected chi connectivity index (χ2v) is 6.00. The average Bonchev–Trinajstić information content (AvgIpc) is 3.20. The number of rotatable bonds is 6. The van der Waals surface area contributed by atoms with Gasteiger partial charge in [0.05, 0.1) is 12.2 Å². The number of hydrogen-bond acceptors (Lipinski definition) is 4. The van der Waals surface area contributed by atoms with Gasteiger partial charge in [0, 0.05) is 17.5 Å². The summed E-state index contributed by atoms with van der Waals surface area (Å²) < 4.78 is 12.9. The lowest BCUT2D eigenvalue weighted by molar-refractivity contribution is -0.119. The van der Waals surface area contributed by atoms with Crippen LogP contribution in [0, 0.1) is 11.7 Å². The third-order valence-electron chi connectivity index (χ3n) is 3.33. The fraction of sp³-hybridized carbons (Fsp3) is 0.333. The Morgan fingerprint density at radius 1 is 1.33 bits per heavy atom. The largest absolute Gasteiger partial charge is 0.354 e. The molecule has 3 rings (SSSR count). The highest BCUT2D eigenvalue weighted by molar-refractivity contribution is 7.14. The summed E-state index contributed by atoms with van der Waals surface area (Å²) in [4.78, 5) is 16.0. The summed E-state index contributed by atoms with van der Waals surface area (Å²) in [5.41, 5.74) is 1.64. The molecule has 0 unspecified atom stereocenters. The second kappa shape index (κ2) is 6.22. The number of nitrogens with one attached hydrogen (secondary N) is 2. The minimum absolute atomic E-state index is 0.0135. The van der Waals surface area contributed by atoms with Gasteiger partial charge < -0.3 is 10.6 Å². The molecule has 1 saturated carbocycles. The molecule has 0 atom stereocenters. The van der Waals surface area contributed by atoms with E-state index in [9.17, 15) is 9.18 Å². The molecule has 2 N–H and O–H groups in total. The zero-order chi connectivity index (χ0) is 14.7. The average molecular weight is 305 g/mol. The van der Waals surface area contributed by atoms with Crippen molar-refractivity contribution in [3.8, 4) is 11.3 Å². The predicted molar refractivity (Wildman–Crippen MR) is 81.7 cm³/mol. The minimum Gasteiger partial charge on any atom is -0.354 e. The van der Waals surface area contributed by atoms with Crippen molar-refractivity contribution >= 4 is 22.4 Å². The first-order chi connectivity index (χ1) is 10.2. The lowest BCUT2D eigenvalue weighted by Crippen LogP contribution is -2.31. The molecule has 6 heteroatoms. The first-order valence-corrected chi connectivity index (χ1v) is 7.81. The van der Waals surface area contributed by atoms with Crippen LogP contribution in [0.5, 0.6) is 0 Å². The number of benzene rings is 1. The molecule has 1 aliphatic carbocycles. The second-order valence-electron chi connectivity index (χ2n) is 5.15. The van der Waals surface area contributed by atoms with Gasteiger partial charge in [-0.3, -0.25) is 4.79 Å². The quantitative estimate of drug-likeness (QED) is 0.863. The van der Waals surface area contributed by atoms with Crippen LogP contribution in [0.2, 0.25) is 0 Å². The fourth-order valence-corrected chi connectivity index (χ4v) is 2.63. The number of amides is 1. The molecular formula is C15H16FN3OS. The Balaban J connectivity index is 1.52. The van der Waals surface area contributed by atoms with E-state index in [1.54, 1.807) is 12.1 Å². The zero-order valence-corrected chi connectivity index (χ0v) is 12.3. The number of anilines is 1. The Kier molecular flexibility index (Phi) is 4.15. The van der Waals surface area contributed by atoms with Crippen molar-refractivity contribution in [1.29, 1.82) is 0 Å². The van der Waals surface area contributed by atoms with E-state index < -0.39 is 0 Å². The van der Waals surface area contributed by atoms with Gasteiger partial charge in [-0.05, 0) is 43.0 Å². The number of hydrogen-bond donors (Lipinski definition) is 2. The first kappa shape index (κ1) is 14.0. The highest BCUT2D eigenvalue weighted by Crippen LogP contribution is 2.27. The van der Waals surface area contributed by atoms with Gasteiger partial charge in [-0.2, -0.15) is 0 Å². The molecule has 0 saturated heterocycles. The normalized spacial score (nSPS) is 14.0. The van der Waals surface area contributed by atoms with E-state index in [1.165, 1.54) is 36.3 Å². The standard InChI is InChI=1S/C15H16FN3OS/c16-12-5-3-11(4-6-12)13-9-21-15(19-13)18-8-14(20)17-7-10-1-2-10/h3-6,9-10H,1-2,7-8H2,(H,17,20)(H,18,19). The fourth-order valence-electron chi connectivity index (χ4n) is 1.91. The lowest BCUT2D eigenvalue weighted by atomic mass is 10.2. The third-order valence-corrected chi connectivity index (χ3v) is 4.13. The van der Waals surface area contributed by atoms with Crippen LogP contribution in [0.4, 0.5) is 9.52 Å². The molecule has 110 valence electrons. The van der Waals surface area contributed by atoms with Gasteiger partial charge in [-0.1, -0.05) is 0 Å². The molecule has 1 heterocycles. The Labute approximate surface area is 126 Å². The Hall–Kier alpha value is -1.95. The topological polar surface area (TPSA) is 54.0 Å². The maximum absolute atomic E-state index is 12.9. The number of thiazole rings is 1. The van der Waals surface area contributed by atoms with E-state index >= 15 is 0 Å². The predicted octanol–water partition coefficient (Wildman–Crippen LogP) is 2.89. The van der Waals surface area contributed by atoms with Crippen LogP contribution in [0.3, 0.4) is 0 Å². The minimum atomic E-state index is -0.264. The molecule has 1 aromatic carbocycles. The van der Waals surface area contributed by atoms with Crippen molar-refractivity contribution in [3.05, 3.63) is 35.5 Å². The number of carbonyl (C=O) groups is 1. The highest BCUT2D eigenvalue weighted by atomic mass is 32.1. The molecule has 0 bridgehead atoms. The Morgan fingerprint density at radius 2 is 2.10 bits per heavy atom. The number of carbonyl (C=O) groups excluding carboxylic acids is 1. The molecule has 1 aliphatic rings. The van der Waals surface area contributed by atoms with Gasteiger partial charge >= 0.3 is 0 Å². The summed E-state index contributed by atoms with van der Waals surface area (Å²) in [5.74, 6) is 0.402. The maximum Gasteiger partial charge on any atom is 0.239 e. The van der Waals surface area contributed by atoms with Crippen LogP contribution in [0.15, 0.2) is 29.6 Å². The van der Waals surface area contributed by atoms with Crippen molar-refractivity contribution in [2.75, 3.05) is 18.4 Å². The van der Waals surface area contributed by atoms with Crippen LogP contribution in [0.25, 0.3) is 11.3 Å². The van der Waals surface area contributed by atoms with Crippen LogP contribution in [-0.4, -0.2) is 24.0 Å². The summed E-state index contributed by atoms with van der Waals surface area (Å²) in [7, 11) is 0. The Bertz CT molecular complexity index is 622. The van der Waals surface area contributed by atoms with Gasteiger partial charge in [0.25, 0.3) is 0 Å². The first-order valence-electron chi connectivity index (χ1n) is 6.93. The van der Waals surface area contributed by atoms with Gasteiger partial charge in [0.2, 0.25) is 5.91 Å². The van der Waals surface area contributed by atoms with Gasteiger partial charge in [0.15, 0.2) is 5.13 Å². The Morgan fingerprint density at radius 3 is 2.81 bits per heavy atom. The maximum atomic E-state index is 12.9. The molecule has 1 amide bonds. The zero-order valence-electron chi connectivity index (χ0n) is 11.4. The van der Waals surface area contributed by atoms with Crippen LogP contribution in [0.1, 0.15) is 12.8 Å². The van der Waals surface area contributed by atoms with Crippen molar-refractivity contribution in [1.82, 2.24) is 10.3 Å². The molecule has 2 aromatic rings. The van der Waals surface area contributed by atoms with Crippen LogP contribution in [-0.2, 0) is 4.79 Å². The summed E-state index contributed by atoms with van der Waals surface area (Å²) in [6, 6.07) is 6.20. The summed E-state index contributed by atoms with van der Waals surface area (Å²) >= 11 is 1.43. The molecule has 1 fully saturated rings. The number of halogens is 1. The SMILES string of the molecule is O=C(CNc1nc(-c2ccc(F)cc2)cs1)NCC1CC1. The molecule has 0 aliphatic heterocycles. The number of aromatic nitrogens is 1. The van der Waals surface area contributed by atoms with E-state index in [-0.39, 0.29) is 18.3 Å². The van der Waals surface area contributed by atoms with Gasteiger partial charge in [0.1, 0.15) is 5.82 Å². The van der Waals surface area contributed by atoms with Gasteiger partial charge in [-0.15, -0.1) is 11.3 Å². The molecule has 1 aromatic heterocycles. The van der Waals surface area contributed by atoms with E-state index in [0.717, 1.165) is 17.8 Å². The van der Waals surface area contributed by atoms with E-state index in [2.05, 4.69) is 15.6 Å². The van der Waals surface area contributed by atoms with Crippen LogP contribution >= 0.6 is 11.3 Å². The summed E-state index contributed by atoms with van der Waals surface area (Å²) in [6.07, 6.45) is 2.45. The van der Waals surface area contributed by atoms with Crippen molar-refractivity contribution in [2.45, 2.75) is 12.8 Å². The summed E-state index contributed by atoms with van der Waals surface area (Å²) in [6.45, 7) is 1.00. The molecule has 4 nitrogen and oxygen atoms in total. The molecule has 21 heavy (non-hydrogen) atoms. The monoisotopic (exact) mass is 305 g/mol. The molecular weight excluding hydrogens is 289 g/mol. The highest BCUT2D eigenvalue weighted by Gasteiger charge is 2.21. The number of nitrogens with zero attached hydrogens (tertiary/aromatic N) is 1. The molecule has 0 radical (unpaired) electrons. The van der Waals surface area contributed by atoms with Crippen molar-refractivity contribution in [3.63, 3.8) is 0 Å². The lowest BCUT2D eigenvalue weighted by Gasteiger charge is -2.04. The molecule has 0 spiro atoms. The third kappa shape index (κ3) is 4.01. The van der Waals surface area contributed by atoms with Crippen molar-refractivity contribution < 1.29 is 9.18 Å². The van der Waals surface area contributed by atoms with E-state index in [0.29, 0.717) is 11.0 Å². The smallest absolute Gasteiger partial charge is 0.239 e. The van der Waals surface area contributed by atoms with Crippen molar-refractivity contribution in [2.24, 2.45) is 5.92 Å².